The standard InChI is InChI=1S/C15H23N3OS/c1-15(2,10-18(3)4)9-16-14-17-12-7-6-11(19-5)8-13(12)20-14/h6-8H,9-10H2,1-5H3,(H,16,17). The highest BCUT2D eigenvalue weighted by Gasteiger charge is 2.19. The van der Waals surface area contributed by atoms with E-state index in [4.69, 9.17) is 4.74 Å². The van der Waals surface area contributed by atoms with E-state index >= 15 is 0 Å². The number of thiazole rings is 1. The SMILES string of the molecule is COc1ccc2nc(NCC(C)(C)CN(C)C)sc2c1. The zero-order valence-corrected chi connectivity index (χ0v) is 13.7. The van der Waals surface area contributed by atoms with Gasteiger partial charge in [-0.25, -0.2) is 4.98 Å². The molecule has 1 aromatic carbocycles. The summed E-state index contributed by atoms with van der Waals surface area (Å²) in [4.78, 5) is 6.82. The van der Waals surface area contributed by atoms with Crippen LogP contribution in [0.15, 0.2) is 18.2 Å². The van der Waals surface area contributed by atoms with Gasteiger partial charge in [0, 0.05) is 13.1 Å². The van der Waals surface area contributed by atoms with Gasteiger partial charge in [-0.3, -0.25) is 0 Å². The summed E-state index contributed by atoms with van der Waals surface area (Å²) in [5.41, 5.74) is 1.22. The summed E-state index contributed by atoms with van der Waals surface area (Å²) in [5.74, 6) is 0.876. The third-order valence-electron chi connectivity index (χ3n) is 3.06. The van der Waals surface area contributed by atoms with Gasteiger partial charge in [-0.05, 0) is 37.7 Å². The maximum absolute atomic E-state index is 5.24. The van der Waals surface area contributed by atoms with Gasteiger partial charge < -0.3 is 15.0 Å². The molecule has 0 spiro atoms. The number of benzene rings is 1. The molecule has 0 saturated heterocycles. The molecule has 20 heavy (non-hydrogen) atoms. The molecule has 5 heteroatoms. The van der Waals surface area contributed by atoms with E-state index in [0.717, 1.165) is 34.2 Å². The predicted octanol–water partition coefficient (Wildman–Crippen LogP) is 3.30. The van der Waals surface area contributed by atoms with Crippen LogP contribution in [0.4, 0.5) is 5.13 Å². The van der Waals surface area contributed by atoms with Gasteiger partial charge in [-0.15, -0.1) is 0 Å². The lowest BCUT2D eigenvalue weighted by atomic mass is 9.93. The number of anilines is 1. The zero-order chi connectivity index (χ0) is 14.8. The molecule has 0 fully saturated rings. The van der Waals surface area contributed by atoms with Crippen molar-refractivity contribution >= 4 is 26.7 Å². The number of fused-ring (bicyclic) bond motifs is 1. The molecule has 1 N–H and O–H groups in total. The normalized spacial score (nSPS) is 12.1. The second kappa shape index (κ2) is 5.97. The van der Waals surface area contributed by atoms with Crippen molar-refractivity contribution in [3.8, 4) is 5.75 Å². The first-order valence-corrected chi connectivity index (χ1v) is 7.54. The van der Waals surface area contributed by atoms with E-state index in [1.54, 1.807) is 18.4 Å². The van der Waals surface area contributed by atoms with Crippen LogP contribution in [0.5, 0.6) is 5.75 Å². The first-order valence-electron chi connectivity index (χ1n) is 6.73. The molecule has 1 heterocycles. The summed E-state index contributed by atoms with van der Waals surface area (Å²) < 4.78 is 6.39. The lowest BCUT2D eigenvalue weighted by molar-refractivity contribution is 0.254. The van der Waals surface area contributed by atoms with Crippen LogP contribution >= 0.6 is 11.3 Å². The van der Waals surface area contributed by atoms with Gasteiger partial charge in [0.1, 0.15) is 5.75 Å². The Morgan fingerprint density at radius 2 is 2.10 bits per heavy atom. The highest BCUT2D eigenvalue weighted by molar-refractivity contribution is 7.22. The van der Waals surface area contributed by atoms with E-state index < -0.39 is 0 Å². The number of nitrogens with one attached hydrogen (secondary N) is 1. The fourth-order valence-corrected chi connectivity index (χ4v) is 3.22. The summed E-state index contributed by atoms with van der Waals surface area (Å²) in [6.07, 6.45) is 0. The summed E-state index contributed by atoms with van der Waals surface area (Å²) >= 11 is 1.67. The number of methoxy groups -OCH3 is 1. The van der Waals surface area contributed by atoms with Gasteiger partial charge in [-0.1, -0.05) is 25.2 Å². The second-order valence-electron chi connectivity index (χ2n) is 6.11. The molecular formula is C15H23N3OS. The first-order chi connectivity index (χ1) is 9.39. The van der Waals surface area contributed by atoms with E-state index in [9.17, 15) is 0 Å². The fraction of sp³-hybridized carbons (Fsp3) is 0.533. The molecule has 4 nitrogen and oxygen atoms in total. The third-order valence-corrected chi connectivity index (χ3v) is 4.03. The maximum atomic E-state index is 5.24. The number of nitrogens with zero attached hydrogens (tertiary/aromatic N) is 2. The molecule has 0 bridgehead atoms. The quantitative estimate of drug-likeness (QED) is 0.886. The Morgan fingerprint density at radius 1 is 1.35 bits per heavy atom. The average Bonchev–Trinajstić information content (AvgIpc) is 2.76. The number of hydrogen-bond donors (Lipinski definition) is 1. The monoisotopic (exact) mass is 293 g/mol. The minimum absolute atomic E-state index is 0.207. The number of rotatable bonds is 6. The highest BCUT2D eigenvalue weighted by Crippen LogP contribution is 2.29. The summed E-state index contributed by atoms with van der Waals surface area (Å²) in [7, 11) is 5.89. The average molecular weight is 293 g/mol. The summed E-state index contributed by atoms with van der Waals surface area (Å²) in [6, 6.07) is 5.98. The van der Waals surface area contributed by atoms with Crippen LogP contribution in [0.25, 0.3) is 10.2 Å². The van der Waals surface area contributed by atoms with E-state index in [-0.39, 0.29) is 5.41 Å². The fourth-order valence-electron chi connectivity index (χ4n) is 2.33. The number of ether oxygens (including phenoxy) is 1. The van der Waals surface area contributed by atoms with Crippen molar-refractivity contribution in [2.75, 3.05) is 39.6 Å². The maximum Gasteiger partial charge on any atom is 0.183 e. The van der Waals surface area contributed by atoms with Gasteiger partial charge in [0.2, 0.25) is 0 Å². The lowest BCUT2D eigenvalue weighted by Gasteiger charge is -2.28. The van der Waals surface area contributed by atoms with Crippen molar-refractivity contribution < 1.29 is 4.74 Å². The second-order valence-corrected chi connectivity index (χ2v) is 7.14. The van der Waals surface area contributed by atoms with Gasteiger partial charge in [0.25, 0.3) is 0 Å². The Kier molecular flexibility index (Phi) is 4.50. The molecule has 110 valence electrons. The van der Waals surface area contributed by atoms with Crippen LogP contribution in [0.1, 0.15) is 13.8 Å². The Morgan fingerprint density at radius 3 is 2.75 bits per heavy atom. The summed E-state index contributed by atoms with van der Waals surface area (Å²) in [6.45, 7) is 6.47. The Hall–Kier alpha value is -1.33. The molecule has 0 aliphatic rings. The van der Waals surface area contributed by atoms with Crippen LogP contribution in [0.2, 0.25) is 0 Å². The molecule has 0 radical (unpaired) electrons. The van der Waals surface area contributed by atoms with Crippen molar-refractivity contribution in [3.05, 3.63) is 18.2 Å². The molecule has 0 aliphatic heterocycles. The smallest absolute Gasteiger partial charge is 0.183 e. The van der Waals surface area contributed by atoms with E-state index in [1.807, 2.05) is 18.2 Å². The van der Waals surface area contributed by atoms with Crippen LogP contribution in [-0.2, 0) is 0 Å². The van der Waals surface area contributed by atoms with Crippen molar-refractivity contribution in [1.82, 2.24) is 9.88 Å². The zero-order valence-electron chi connectivity index (χ0n) is 12.9. The van der Waals surface area contributed by atoms with Crippen molar-refractivity contribution in [3.63, 3.8) is 0 Å². The minimum atomic E-state index is 0.207. The van der Waals surface area contributed by atoms with Crippen molar-refractivity contribution in [1.29, 1.82) is 0 Å². The van der Waals surface area contributed by atoms with Crippen LogP contribution in [-0.4, -0.2) is 44.2 Å². The molecule has 2 rings (SSSR count). The Bertz CT molecular complexity index is 578. The van der Waals surface area contributed by atoms with Crippen LogP contribution < -0.4 is 10.1 Å². The predicted molar refractivity (Wildman–Crippen MR) is 87.0 cm³/mol. The van der Waals surface area contributed by atoms with Gasteiger partial charge in [0.15, 0.2) is 5.13 Å². The third kappa shape index (κ3) is 3.84. The highest BCUT2D eigenvalue weighted by atomic mass is 32.1. The molecule has 2 aromatic rings. The lowest BCUT2D eigenvalue weighted by Crippen LogP contribution is -2.34. The Balaban J connectivity index is 2.06. The summed E-state index contributed by atoms with van der Waals surface area (Å²) in [5, 5.41) is 4.43. The Labute approximate surface area is 124 Å². The number of aromatic nitrogens is 1. The van der Waals surface area contributed by atoms with Crippen LogP contribution in [0.3, 0.4) is 0 Å². The number of hydrogen-bond acceptors (Lipinski definition) is 5. The van der Waals surface area contributed by atoms with Crippen molar-refractivity contribution in [2.45, 2.75) is 13.8 Å². The van der Waals surface area contributed by atoms with Crippen LogP contribution in [0, 0.1) is 5.41 Å². The molecular weight excluding hydrogens is 270 g/mol. The van der Waals surface area contributed by atoms with E-state index in [2.05, 4.69) is 43.1 Å². The molecule has 0 saturated carbocycles. The molecule has 1 aromatic heterocycles. The van der Waals surface area contributed by atoms with E-state index in [1.165, 1.54) is 0 Å². The van der Waals surface area contributed by atoms with Gasteiger partial charge in [-0.2, -0.15) is 0 Å². The van der Waals surface area contributed by atoms with Gasteiger partial charge >= 0.3 is 0 Å². The first kappa shape index (κ1) is 15.1. The molecule has 0 amide bonds. The van der Waals surface area contributed by atoms with Gasteiger partial charge in [0.05, 0.1) is 17.3 Å². The molecule has 0 unspecified atom stereocenters. The topological polar surface area (TPSA) is 37.4 Å². The molecule has 0 aliphatic carbocycles. The van der Waals surface area contributed by atoms with Crippen molar-refractivity contribution in [2.24, 2.45) is 5.41 Å². The largest absolute Gasteiger partial charge is 0.497 e. The molecule has 0 atom stereocenters. The van der Waals surface area contributed by atoms with E-state index in [0.29, 0.717) is 0 Å². The minimum Gasteiger partial charge on any atom is -0.497 e.